The third-order valence-electron chi connectivity index (χ3n) is 4.62. The second-order valence-corrected chi connectivity index (χ2v) is 6.20. The van der Waals surface area contributed by atoms with Gasteiger partial charge in [0.15, 0.2) is 11.2 Å². The fourth-order valence-corrected chi connectivity index (χ4v) is 3.52. The van der Waals surface area contributed by atoms with E-state index in [0.717, 1.165) is 16.8 Å². The van der Waals surface area contributed by atoms with E-state index in [1.807, 2.05) is 89.5 Å². The van der Waals surface area contributed by atoms with Gasteiger partial charge in [0.2, 0.25) is 0 Å². The van der Waals surface area contributed by atoms with E-state index in [1.165, 1.54) is 0 Å². The second kappa shape index (κ2) is 5.81. The number of hydrogen-bond donors (Lipinski definition) is 0. The lowest BCUT2D eigenvalue weighted by molar-refractivity contribution is -0.389. The van der Waals surface area contributed by atoms with Gasteiger partial charge in [0.1, 0.15) is 5.52 Å². The maximum absolute atomic E-state index is 12.1. The minimum absolute atomic E-state index is 0.00810. The Morgan fingerprint density at radius 1 is 0.815 bits per heavy atom. The number of fused-ring (bicyclic) bond motifs is 3. The molecule has 0 aliphatic carbocycles. The number of nitro groups is 1. The van der Waals surface area contributed by atoms with Crippen LogP contribution in [0.5, 0.6) is 0 Å². The summed E-state index contributed by atoms with van der Waals surface area (Å²) in [5, 5.41) is 12.1. The fourth-order valence-electron chi connectivity index (χ4n) is 3.52. The Morgan fingerprint density at radius 2 is 1.44 bits per heavy atom. The maximum atomic E-state index is 12.1. The van der Waals surface area contributed by atoms with Gasteiger partial charge in [-0.25, -0.2) is 0 Å². The van der Waals surface area contributed by atoms with E-state index < -0.39 is 0 Å². The zero-order chi connectivity index (χ0) is 18.4. The molecule has 0 saturated carbocycles. The number of aromatic nitrogens is 3. The Bertz CT molecular complexity index is 1290. The summed E-state index contributed by atoms with van der Waals surface area (Å²) in [4.78, 5) is 16.5. The third kappa shape index (κ3) is 2.23. The van der Waals surface area contributed by atoms with Crippen molar-refractivity contribution in [3.8, 4) is 16.9 Å². The molecular weight excluding hydrogens is 340 g/mol. The predicted octanol–water partition coefficient (Wildman–Crippen LogP) is 4.85. The van der Waals surface area contributed by atoms with Crippen molar-refractivity contribution >= 4 is 22.6 Å². The lowest BCUT2D eigenvalue weighted by atomic mass is 10.1. The van der Waals surface area contributed by atoms with Crippen molar-refractivity contribution in [1.29, 1.82) is 0 Å². The van der Waals surface area contributed by atoms with Crippen molar-refractivity contribution < 1.29 is 4.92 Å². The molecule has 0 N–H and O–H groups in total. The molecular formula is C21H14N4O2. The highest BCUT2D eigenvalue weighted by molar-refractivity contribution is 5.86. The normalized spacial score (nSPS) is 11.3. The third-order valence-corrected chi connectivity index (χ3v) is 4.62. The maximum Gasteiger partial charge on any atom is 0.356 e. The summed E-state index contributed by atoms with van der Waals surface area (Å²) < 4.78 is 3.48. The van der Waals surface area contributed by atoms with Crippen LogP contribution < -0.4 is 0 Å². The molecule has 5 rings (SSSR count). The minimum Gasteiger partial charge on any atom is -0.358 e. The molecule has 0 amide bonds. The number of hydrogen-bond acceptors (Lipinski definition) is 3. The van der Waals surface area contributed by atoms with Crippen LogP contribution in [0.2, 0.25) is 0 Å². The zero-order valence-electron chi connectivity index (χ0n) is 14.2. The standard InChI is InChI=1S/C21H14N4O2/c26-25(27)20-19(15-9-3-1-4-10-15)23(16-11-5-2-6-12-16)21-22-17-13-7-8-14-18(17)24(20)21/h1-14H. The van der Waals surface area contributed by atoms with Gasteiger partial charge in [-0.2, -0.15) is 9.38 Å². The molecule has 6 nitrogen and oxygen atoms in total. The molecule has 6 heteroatoms. The smallest absolute Gasteiger partial charge is 0.356 e. The fraction of sp³-hybridized carbons (Fsp3) is 0. The number of para-hydroxylation sites is 3. The Kier molecular flexibility index (Phi) is 3.30. The SMILES string of the molecule is O=[N+]([O-])c1c(-c2ccccc2)n(-c2ccccc2)c2nc3ccccc3n12. The van der Waals surface area contributed by atoms with Gasteiger partial charge < -0.3 is 10.1 Å². The van der Waals surface area contributed by atoms with E-state index in [2.05, 4.69) is 0 Å². The molecule has 5 aromatic rings. The minimum atomic E-state index is -0.330. The molecule has 0 spiro atoms. The molecule has 0 aliphatic heterocycles. The van der Waals surface area contributed by atoms with Crippen LogP contribution in [0.15, 0.2) is 84.9 Å². The largest absolute Gasteiger partial charge is 0.358 e. The molecule has 0 aliphatic rings. The van der Waals surface area contributed by atoms with Crippen molar-refractivity contribution in [3.63, 3.8) is 0 Å². The van der Waals surface area contributed by atoms with Gasteiger partial charge in [0.05, 0.1) is 5.69 Å². The van der Waals surface area contributed by atoms with E-state index in [9.17, 15) is 10.1 Å². The van der Waals surface area contributed by atoms with Crippen molar-refractivity contribution in [2.45, 2.75) is 0 Å². The Labute approximate surface area is 154 Å². The van der Waals surface area contributed by atoms with Gasteiger partial charge in [0, 0.05) is 5.56 Å². The summed E-state index contributed by atoms with van der Waals surface area (Å²) in [6, 6.07) is 26.5. The average molecular weight is 354 g/mol. The summed E-state index contributed by atoms with van der Waals surface area (Å²) in [6.07, 6.45) is 0. The highest BCUT2D eigenvalue weighted by atomic mass is 16.6. The van der Waals surface area contributed by atoms with Gasteiger partial charge in [0.25, 0.3) is 0 Å². The first-order valence-electron chi connectivity index (χ1n) is 8.53. The molecule has 0 unspecified atom stereocenters. The Balaban J connectivity index is 2.03. The average Bonchev–Trinajstić information content (AvgIpc) is 3.23. The van der Waals surface area contributed by atoms with Crippen LogP contribution >= 0.6 is 0 Å². The highest BCUT2D eigenvalue weighted by Gasteiger charge is 2.31. The summed E-state index contributed by atoms with van der Waals surface area (Å²) in [5.74, 6) is 0.529. The number of rotatable bonds is 3. The monoisotopic (exact) mass is 354 g/mol. The number of nitrogens with zero attached hydrogens (tertiary/aromatic N) is 4. The molecule has 0 fully saturated rings. The first-order chi connectivity index (χ1) is 13.3. The lowest BCUT2D eigenvalue weighted by Crippen LogP contribution is -1.99. The number of benzene rings is 3. The van der Waals surface area contributed by atoms with E-state index in [-0.39, 0.29) is 10.7 Å². The molecule has 2 heterocycles. The summed E-state index contributed by atoms with van der Waals surface area (Å²) in [5.41, 5.74) is 3.54. The molecule has 2 aromatic heterocycles. The van der Waals surface area contributed by atoms with E-state index in [4.69, 9.17) is 4.98 Å². The van der Waals surface area contributed by atoms with Crippen molar-refractivity contribution in [3.05, 3.63) is 95.0 Å². The molecule has 0 bridgehead atoms. The van der Waals surface area contributed by atoms with Crippen molar-refractivity contribution in [2.75, 3.05) is 0 Å². The van der Waals surface area contributed by atoms with Crippen LogP contribution in [-0.2, 0) is 0 Å². The lowest BCUT2D eigenvalue weighted by Gasteiger charge is -2.07. The van der Waals surface area contributed by atoms with Crippen molar-refractivity contribution in [2.24, 2.45) is 0 Å². The van der Waals surface area contributed by atoms with Gasteiger partial charge in [-0.1, -0.05) is 60.7 Å². The molecule has 3 aromatic carbocycles. The van der Waals surface area contributed by atoms with E-state index in [1.54, 1.807) is 4.40 Å². The highest BCUT2D eigenvalue weighted by Crippen LogP contribution is 2.38. The molecule has 130 valence electrons. The summed E-state index contributed by atoms with van der Waals surface area (Å²) in [6.45, 7) is 0. The zero-order valence-corrected chi connectivity index (χ0v) is 14.2. The van der Waals surface area contributed by atoms with Crippen LogP contribution in [0.1, 0.15) is 0 Å². The van der Waals surface area contributed by atoms with Crippen LogP contribution in [0.25, 0.3) is 33.8 Å². The summed E-state index contributed by atoms with van der Waals surface area (Å²) in [7, 11) is 0. The van der Waals surface area contributed by atoms with Crippen molar-refractivity contribution in [1.82, 2.24) is 14.0 Å². The Hall–Kier alpha value is -3.93. The molecule has 27 heavy (non-hydrogen) atoms. The van der Waals surface area contributed by atoms with E-state index >= 15 is 0 Å². The molecule has 0 saturated heterocycles. The van der Waals surface area contributed by atoms with Crippen LogP contribution in [0.3, 0.4) is 0 Å². The number of imidazole rings is 2. The van der Waals surface area contributed by atoms with Gasteiger partial charge in [-0.3, -0.25) is 4.57 Å². The van der Waals surface area contributed by atoms with E-state index in [0.29, 0.717) is 17.0 Å². The first kappa shape index (κ1) is 15.3. The molecule has 0 radical (unpaired) electrons. The first-order valence-corrected chi connectivity index (χ1v) is 8.53. The quantitative estimate of drug-likeness (QED) is 0.343. The predicted molar refractivity (Wildman–Crippen MR) is 104 cm³/mol. The summed E-state index contributed by atoms with van der Waals surface area (Å²) >= 11 is 0. The van der Waals surface area contributed by atoms with Crippen LogP contribution in [-0.4, -0.2) is 18.9 Å². The topological polar surface area (TPSA) is 65.4 Å². The van der Waals surface area contributed by atoms with Gasteiger partial charge in [-0.05, 0) is 29.2 Å². The van der Waals surface area contributed by atoms with Crippen LogP contribution in [0.4, 0.5) is 5.82 Å². The van der Waals surface area contributed by atoms with Gasteiger partial charge in [-0.15, -0.1) is 0 Å². The molecule has 0 atom stereocenters. The van der Waals surface area contributed by atoms with Crippen LogP contribution in [0, 0.1) is 10.1 Å². The Morgan fingerprint density at radius 3 is 2.15 bits per heavy atom. The second-order valence-electron chi connectivity index (χ2n) is 6.20. The van der Waals surface area contributed by atoms with Gasteiger partial charge >= 0.3 is 11.6 Å².